The molecule has 0 spiro atoms. The molecule has 7 nitrogen and oxygen atoms in total. The van der Waals surface area contributed by atoms with E-state index < -0.39 is 10.7 Å². The normalized spacial score (nSPS) is 11.2. The molecule has 0 amide bonds. The standard InChI is InChI=1S/C13H10FN3O4/c14-8-2-1-3-10(6-8)21-12-5-4-9(17(19)20)7-11(12)13(15)16-18/h1-7,18H,(H2,15,16). The number of nitrogens with zero attached hydrogens (tertiary/aromatic N) is 2. The lowest BCUT2D eigenvalue weighted by Crippen LogP contribution is -2.14. The molecule has 3 N–H and O–H groups in total. The Kier molecular flexibility index (Phi) is 3.98. The van der Waals surface area contributed by atoms with Crippen molar-refractivity contribution in [2.45, 2.75) is 0 Å². The first-order valence-electron chi connectivity index (χ1n) is 5.71. The minimum Gasteiger partial charge on any atom is -0.456 e. The van der Waals surface area contributed by atoms with Crippen LogP contribution in [0.5, 0.6) is 11.5 Å². The van der Waals surface area contributed by atoms with E-state index in [4.69, 9.17) is 15.7 Å². The van der Waals surface area contributed by atoms with Crippen LogP contribution in [-0.4, -0.2) is 16.0 Å². The number of ether oxygens (including phenoxy) is 1. The molecule has 0 aromatic heterocycles. The summed E-state index contributed by atoms with van der Waals surface area (Å²) in [5.74, 6) is -0.581. The number of halogens is 1. The largest absolute Gasteiger partial charge is 0.456 e. The molecule has 0 heterocycles. The molecule has 0 aliphatic heterocycles. The van der Waals surface area contributed by atoms with Crippen LogP contribution < -0.4 is 10.5 Å². The van der Waals surface area contributed by atoms with E-state index in [1.54, 1.807) is 0 Å². The van der Waals surface area contributed by atoms with E-state index in [9.17, 15) is 14.5 Å². The zero-order valence-corrected chi connectivity index (χ0v) is 10.6. The van der Waals surface area contributed by atoms with Gasteiger partial charge in [-0.05, 0) is 18.2 Å². The van der Waals surface area contributed by atoms with Gasteiger partial charge in [0.2, 0.25) is 0 Å². The Morgan fingerprint density at radius 1 is 1.33 bits per heavy atom. The Labute approximate surface area is 118 Å². The van der Waals surface area contributed by atoms with E-state index in [0.717, 1.165) is 12.1 Å². The zero-order valence-electron chi connectivity index (χ0n) is 10.6. The van der Waals surface area contributed by atoms with Crippen molar-refractivity contribution in [3.05, 3.63) is 64.0 Å². The van der Waals surface area contributed by atoms with E-state index in [0.29, 0.717) is 0 Å². The number of nitro groups is 1. The van der Waals surface area contributed by atoms with Gasteiger partial charge in [0.15, 0.2) is 5.84 Å². The van der Waals surface area contributed by atoms with Gasteiger partial charge in [-0.15, -0.1) is 0 Å². The highest BCUT2D eigenvalue weighted by molar-refractivity contribution is 6.00. The fraction of sp³-hybridized carbons (Fsp3) is 0. The molecule has 2 aromatic carbocycles. The minimum absolute atomic E-state index is 0.0240. The van der Waals surface area contributed by atoms with Crippen LogP contribution in [0, 0.1) is 15.9 Å². The van der Waals surface area contributed by atoms with Crippen molar-refractivity contribution in [2.24, 2.45) is 10.9 Å². The number of non-ortho nitro benzene ring substituents is 1. The van der Waals surface area contributed by atoms with Crippen molar-refractivity contribution in [1.29, 1.82) is 0 Å². The van der Waals surface area contributed by atoms with Gasteiger partial charge in [-0.2, -0.15) is 0 Å². The number of hydrogen-bond acceptors (Lipinski definition) is 5. The number of rotatable bonds is 4. The van der Waals surface area contributed by atoms with Gasteiger partial charge < -0.3 is 15.7 Å². The number of hydrogen-bond donors (Lipinski definition) is 2. The van der Waals surface area contributed by atoms with Crippen LogP contribution >= 0.6 is 0 Å². The first-order valence-corrected chi connectivity index (χ1v) is 5.71. The summed E-state index contributed by atoms with van der Waals surface area (Å²) in [4.78, 5) is 10.1. The Morgan fingerprint density at radius 3 is 2.71 bits per heavy atom. The number of benzene rings is 2. The Morgan fingerprint density at radius 2 is 2.10 bits per heavy atom. The maximum Gasteiger partial charge on any atom is 0.270 e. The predicted molar refractivity (Wildman–Crippen MR) is 72.1 cm³/mol. The third-order valence-electron chi connectivity index (χ3n) is 2.58. The Bertz CT molecular complexity index is 718. The zero-order chi connectivity index (χ0) is 15.4. The molecule has 0 radical (unpaired) electrons. The molecule has 2 rings (SSSR count). The molecule has 0 bridgehead atoms. The van der Waals surface area contributed by atoms with Crippen molar-refractivity contribution in [1.82, 2.24) is 0 Å². The fourth-order valence-corrected chi connectivity index (χ4v) is 1.63. The molecule has 8 heteroatoms. The summed E-state index contributed by atoms with van der Waals surface area (Å²) < 4.78 is 18.5. The number of oxime groups is 1. The van der Waals surface area contributed by atoms with E-state index in [1.807, 2.05) is 0 Å². The average molecular weight is 291 g/mol. The second-order valence-electron chi connectivity index (χ2n) is 3.98. The summed E-state index contributed by atoms with van der Waals surface area (Å²) in [6.07, 6.45) is 0. The third kappa shape index (κ3) is 3.24. The molecule has 0 aliphatic rings. The SMILES string of the molecule is NC(=NO)c1cc([N+](=O)[O-])ccc1Oc1cccc(F)c1. The molecule has 2 aromatic rings. The lowest BCUT2D eigenvalue weighted by Gasteiger charge is -2.10. The van der Waals surface area contributed by atoms with Crippen LogP contribution in [0.3, 0.4) is 0 Å². The average Bonchev–Trinajstić information content (AvgIpc) is 2.46. The van der Waals surface area contributed by atoms with Crippen LogP contribution in [0.4, 0.5) is 10.1 Å². The lowest BCUT2D eigenvalue weighted by atomic mass is 10.1. The second kappa shape index (κ2) is 5.87. The van der Waals surface area contributed by atoms with Gasteiger partial charge >= 0.3 is 0 Å². The highest BCUT2D eigenvalue weighted by atomic mass is 19.1. The maximum atomic E-state index is 13.1. The third-order valence-corrected chi connectivity index (χ3v) is 2.58. The quantitative estimate of drug-likeness (QED) is 0.296. The highest BCUT2D eigenvalue weighted by Gasteiger charge is 2.15. The van der Waals surface area contributed by atoms with Crippen molar-refractivity contribution >= 4 is 11.5 Å². The maximum absolute atomic E-state index is 13.1. The van der Waals surface area contributed by atoms with E-state index in [-0.39, 0.29) is 28.6 Å². The van der Waals surface area contributed by atoms with Crippen LogP contribution in [0.25, 0.3) is 0 Å². The molecule has 0 saturated heterocycles. The van der Waals surface area contributed by atoms with E-state index >= 15 is 0 Å². The molecular formula is C13H10FN3O4. The van der Waals surface area contributed by atoms with Crippen molar-refractivity contribution in [2.75, 3.05) is 0 Å². The summed E-state index contributed by atoms with van der Waals surface area (Å²) in [6.45, 7) is 0. The van der Waals surface area contributed by atoms with Gasteiger partial charge in [-0.1, -0.05) is 11.2 Å². The molecule has 108 valence electrons. The monoisotopic (exact) mass is 291 g/mol. The van der Waals surface area contributed by atoms with Crippen LogP contribution in [0.1, 0.15) is 5.56 Å². The summed E-state index contributed by atoms with van der Waals surface area (Å²) >= 11 is 0. The number of nitro benzene ring substituents is 1. The number of amidine groups is 1. The van der Waals surface area contributed by atoms with Crippen LogP contribution in [-0.2, 0) is 0 Å². The van der Waals surface area contributed by atoms with Gasteiger partial charge in [-0.25, -0.2) is 4.39 Å². The summed E-state index contributed by atoms with van der Waals surface area (Å²) in [7, 11) is 0. The molecule has 0 unspecified atom stereocenters. The summed E-state index contributed by atoms with van der Waals surface area (Å²) in [5.41, 5.74) is 5.25. The Balaban J connectivity index is 2.45. The second-order valence-corrected chi connectivity index (χ2v) is 3.98. The number of nitrogens with two attached hydrogens (primary N) is 1. The topological polar surface area (TPSA) is 111 Å². The van der Waals surface area contributed by atoms with Gasteiger partial charge in [-0.3, -0.25) is 10.1 Å². The molecular weight excluding hydrogens is 281 g/mol. The highest BCUT2D eigenvalue weighted by Crippen LogP contribution is 2.29. The lowest BCUT2D eigenvalue weighted by molar-refractivity contribution is -0.384. The first kappa shape index (κ1) is 14.3. The summed E-state index contributed by atoms with van der Waals surface area (Å²) in [6, 6.07) is 8.91. The van der Waals surface area contributed by atoms with Crippen molar-refractivity contribution in [3.8, 4) is 11.5 Å². The molecule has 0 saturated carbocycles. The van der Waals surface area contributed by atoms with Gasteiger partial charge in [0.1, 0.15) is 17.3 Å². The van der Waals surface area contributed by atoms with Gasteiger partial charge in [0, 0.05) is 18.2 Å². The van der Waals surface area contributed by atoms with E-state index in [1.165, 1.54) is 30.3 Å². The van der Waals surface area contributed by atoms with Crippen LogP contribution in [0.15, 0.2) is 47.6 Å². The molecule has 0 atom stereocenters. The minimum atomic E-state index is -0.625. The van der Waals surface area contributed by atoms with E-state index in [2.05, 4.69) is 5.16 Å². The van der Waals surface area contributed by atoms with Gasteiger partial charge in [0.25, 0.3) is 5.69 Å². The Hall–Kier alpha value is -3.16. The predicted octanol–water partition coefficient (Wildman–Crippen LogP) is 2.62. The molecule has 0 fully saturated rings. The van der Waals surface area contributed by atoms with Crippen molar-refractivity contribution < 1.29 is 19.3 Å². The van der Waals surface area contributed by atoms with Gasteiger partial charge in [0.05, 0.1) is 10.5 Å². The summed E-state index contributed by atoms with van der Waals surface area (Å²) in [5, 5.41) is 22.3. The van der Waals surface area contributed by atoms with Crippen molar-refractivity contribution in [3.63, 3.8) is 0 Å². The molecule has 21 heavy (non-hydrogen) atoms. The van der Waals surface area contributed by atoms with Crippen LogP contribution in [0.2, 0.25) is 0 Å². The fourth-order valence-electron chi connectivity index (χ4n) is 1.63. The molecule has 0 aliphatic carbocycles. The smallest absolute Gasteiger partial charge is 0.270 e. The first-order chi connectivity index (χ1) is 10.0.